The number of hydrogen-bond acceptors (Lipinski definition) is 3. The minimum atomic E-state index is 0.0755. The summed E-state index contributed by atoms with van der Waals surface area (Å²) in [5.41, 5.74) is 5.19. The Morgan fingerprint density at radius 1 is 1.05 bits per heavy atom. The van der Waals surface area contributed by atoms with Crippen LogP contribution in [-0.4, -0.2) is 9.97 Å². The Morgan fingerprint density at radius 3 is 2.57 bits per heavy atom. The van der Waals surface area contributed by atoms with Crippen LogP contribution in [0, 0.1) is 0 Å². The molecule has 0 amide bonds. The van der Waals surface area contributed by atoms with Gasteiger partial charge in [0.1, 0.15) is 17.4 Å². The Bertz CT molecular complexity index is 893. The Labute approximate surface area is 128 Å². The molecule has 0 aliphatic heterocycles. The number of furan rings is 1. The van der Waals surface area contributed by atoms with Gasteiger partial charge in [-0.3, -0.25) is 0 Å². The van der Waals surface area contributed by atoms with E-state index in [0.717, 1.165) is 22.9 Å². The van der Waals surface area contributed by atoms with Crippen LogP contribution in [0.4, 0.5) is 0 Å². The van der Waals surface area contributed by atoms with Gasteiger partial charge in [-0.25, -0.2) is 9.97 Å². The molecule has 3 nitrogen and oxygen atoms in total. The molecule has 4 rings (SSSR count). The fraction of sp³-hybridized carbons (Fsp3) is 0.412. The first-order valence-electron chi connectivity index (χ1n) is 7.18. The predicted octanol–water partition coefficient (Wildman–Crippen LogP) is 4.99. The van der Waals surface area contributed by atoms with E-state index < -0.39 is 0 Å². The number of halogens is 1. The second kappa shape index (κ2) is 3.77. The first-order valence-corrected chi connectivity index (χ1v) is 7.56. The van der Waals surface area contributed by atoms with Gasteiger partial charge in [0.05, 0.1) is 0 Å². The van der Waals surface area contributed by atoms with Gasteiger partial charge in [0, 0.05) is 10.9 Å². The van der Waals surface area contributed by atoms with E-state index in [1.165, 1.54) is 17.5 Å². The molecule has 0 fully saturated rings. The van der Waals surface area contributed by atoms with Crippen LogP contribution < -0.4 is 0 Å². The van der Waals surface area contributed by atoms with E-state index in [1.54, 1.807) is 0 Å². The highest BCUT2D eigenvalue weighted by Crippen LogP contribution is 2.52. The summed E-state index contributed by atoms with van der Waals surface area (Å²) in [7, 11) is 0. The molecule has 108 valence electrons. The number of nitrogens with zero attached hydrogens (tertiary/aromatic N) is 2. The Balaban J connectivity index is 2.21. The van der Waals surface area contributed by atoms with E-state index in [1.807, 2.05) is 0 Å². The molecular weight excluding hydrogens is 284 g/mol. The second-order valence-corrected chi connectivity index (χ2v) is 7.61. The third-order valence-corrected chi connectivity index (χ3v) is 4.94. The van der Waals surface area contributed by atoms with Gasteiger partial charge < -0.3 is 4.42 Å². The molecule has 1 aliphatic carbocycles. The first-order chi connectivity index (χ1) is 9.81. The molecular formula is C17H17ClN2O. The lowest BCUT2D eigenvalue weighted by molar-refractivity contribution is 0.402. The summed E-state index contributed by atoms with van der Waals surface area (Å²) in [5, 5.41) is 1.40. The highest BCUT2D eigenvalue weighted by Gasteiger charge is 2.44. The van der Waals surface area contributed by atoms with Crippen molar-refractivity contribution < 1.29 is 4.42 Å². The Hall–Kier alpha value is -1.61. The highest BCUT2D eigenvalue weighted by molar-refractivity contribution is 6.34. The van der Waals surface area contributed by atoms with Gasteiger partial charge in [-0.05, 0) is 28.9 Å². The van der Waals surface area contributed by atoms with Gasteiger partial charge in [-0.1, -0.05) is 45.4 Å². The molecule has 2 aromatic heterocycles. The van der Waals surface area contributed by atoms with E-state index in [0.29, 0.717) is 10.7 Å². The van der Waals surface area contributed by atoms with Crippen LogP contribution in [0.3, 0.4) is 0 Å². The predicted molar refractivity (Wildman–Crippen MR) is 85.0 cm³/mol. The van der Waals surface area contributed by atoms with E-state index >= 15 is 0 Å². The van der Waals surface area contributed by atoms with Crippen molar-refractivity contribution in [1.82, 2.24) is 9.97 Å². The molecule has 2 heterocycles. The summed E-state index contributed by atoms with van der Waals surface area (Å²) in [4.78, 5) is 8.37. The maximum absolute atomic E-state index is 6.16. The van der Waals surface area contributed by atoms with Crippen LogP contribution in [-0.2, 0) is 10.8 Å². The lowest BCUT2D eigenvalue weighted by Gasteiger charge is -2.22. The maximum atomic E-state index is 6.16. The molecule has 21 heavy (non-hydrogen) atoms. The summed E-state index contributed by atoms with van der Waals surface area (Å²) < 4.78 is 6.10. The average Bonchev–Trinajstić information content (AvgIpc) is 2.84. The number of fused-ring (bicyclic) bond motifs is 5. The summed E-state index contributed by atoms with van der Waals surface area (Å²) >= 11 is 6.16. The van der Waals surface area contributed by atoms with Crippen molar-refractivity contribution in [3.8, 4) is 0 Å². The quantitative estimate of drug-likeness (QED) is 0.549. The zero-order chi connectivity index (χ0) is 15.0. The van der Waals surface area contributed by atoms with Crippen molar-refractivity contribution in [1.29, 1.82) is 0 Å². The molecule has 0 radical (unpaired) electrons. The molecule has 3 aromatic rings. The van der Waals surface area contributed by atoms with Crippen molar-refractivity contribution in [3.05, 3.63) is 34.7 Å². The number of benzene rings is 1. The molecule has 0 N–H and O–H groups in total. The van der Waals surface area contributed by atoms with Gasteiger partial charge in [0.15, 0.2) is 10.7 Å². The van der Waals surface area contributed by atoms with Crippen LogP contribution in [0.5, 0.6) is 0 Å². The smallest absolute Gasteiger partial charge is 0.191 e. The minimum absolute atomic E-state index is 0.0755. The SMILES string of the molecule is CC1(C)CC(C)(C)c2c1ccc1c2oc2c(Cl)ncnc21. The molecule has 0 bridgehead atoms. The van der Waals surface area contributed by atoms with Crippen molar-refractivity contribution >= 4 is 33.7 Å². The molecule has 0 unspecified atom stereocenters. The molecule has 0 atom stereocenters. The monoisotopic (exact) mass is 300 g/mol. The van der Waals surface area contributed by atoms with Crippen LogP contribution >= 0.6 is 11.6 Å². The lowest BCUT2D eigenvalue weighted by atomic mass is 9.82. The van der Waals surface area contributed by atoms with Crippen molar-refractivity contribution in [2.75, 3.05) is 0 Å². The molecule has 4 heteroatoms. The van der Waals surface area contributed by atoms with E-state index in [2.05, 4.69) is 49.8 Å². The second-order valence-electron chi connectivity index (χ2n) is 7.25. The lowest BCUT2D eigenvalue weighted by Crippen LogP contribution is -2.18. The van der Waals surface area contributed by atoms with Gasteiger partial charge >= 0.3 is 0 Å². The minimum Gasteiger partial charge on any atom is -0.451 e. The summed E-state index contributed by atoms with van der Waals surface area (Å²) in [6.07, 6.45) is 2.59. The maximum Gasteiger partial charge on any atom is 0.191 e. The fourth-order valence-electron chi connectivity index (χ4n) is 4.14. The molecule has 1 aliphatic rings. The van der Waals surface area contributed by atoms with Crippen molar-refractivity contribution in [2.45, 2.75) is 44.9 Å². The third kappa shape index (κ3) is 1.61. The topological polar surface area (TPSA) is 38.9 Å². The van der Waals surface area contributed by atoms with Crippen LogP contribution in [0.25, 0.3) is 22.1 Å². The molecule has 0 saturated heterocycles. The third-order valence-electron chi connectivity index (χ3n) is 4.67. The van der Waals surface area contributed by atoms with Gasteiger partial charge in [0.2, 0.25) is 0 Å². The first kappa shape index (κ1) is 13.1. The highest BCUT2D eigenvalue weighted by atomic mass is 35.5. The normalized spacial score (nSPS) is 19.3. The number of aromatic nitrogens is 2. The summed E-state index contributed by atoms with van der Waals surface area (Å²) in [6.45, 7) is 9.14. The van der Waals surface area contributed by atoms with Gasteiger partial charge in [-0.2, -0.15) is 0 Å². The largest absolute Gasteiger partial charge is 0.451 e. The fourth-order valence-corrected chi connectivity index (χ4v) is 4.31. The molecule has 0 saturated carbocycles. The van der Waals surface area contributed by atoms with Crippen LogP contribution in [0.15, 0.2) is 22.9 Å². The Kier molecular flexibility index (Phi) is 2.35. The average molecular weight is 301 g/mol. The summed E-state index contributed by atoms with van der Waals surface area (Å²) in [5.74, 6) is 0. The van der Waals surface area contributed by atoms with Crippen molar-refractivity contribution in [3.63, 3.8) is 0 Å². The van der Waals surface area contributed by atoms with Gasteiger partial charge in [0.25, 0.3) is 0 Å². The van der Waals surface area contributed by atoms with Gasteiger partial charge in [-0.15, -0.1) is 0 Å². The van der Waals surface area contributed by atoms with Crippen molar-refractivity contribution in [2.24, 2.45) is 0 Å². The van der Waals surface area contributed by atoms with E-state index in [9.17, 15) is 0 Å². The van der Waals surface area contributed by atoms with E-state index in [-0.39, 0.29) is 10.8 Å². The molecule has 1 aromatic carbocycles. The molecule has 0 spiro atoms. The van der Waals surface area contributed by atoms with Crippen LogP contribution in [0.2, 0.25) is 5.15 Å². The number of rotatable bonds is 0. The van der Waals surface area contributed by atoms with Crippen LogP contribution in [0.1, 0.15) is 45.2 Å². The Morgan fingerprint density at radius 2 is 1.81 bits per heavy atom. The standard InChI is InChI=1S/C17H17ClN2O/c1-16(2)7-17(3,4)11-10(16)6-5-9-12-14(21-13(9)11)15(18)20-8-19-12/h5-6,8H,7H2,1-4H3. The zero-order valence-electron chi connectivity index (χ0n) is 12.6. The number of hydrogen-bond donors (Lipinski definition) is 0. The van der Waals surface area contributed by atoms with E-state index in [4.69, 9.17) is 16.0 Å². The zero-order valence-corrected chi connectivity index (χ0v) is 13.4. The summed E-state index contributed by atoms with van der Waals surface area (Å²) in [6, 6.07) is 4.32.